The Balaban J connectivity index is 2.64. The first-order valence-electron chi connectivity index (χ1n) is 5.95. The second-order valence-corrected chi connectivity index (χ2v) is 5.29. The molecular weight excluding hydrogens is 230 g/mol. The van der Waals surface area contributed by atoms with Crippen molar-refractivity contribution < 1.29 is 9.53 Å². The molecule has 1 aromatic carbocycles. The Labute approximate surface area is 107 Å². The monoisotopic (exact) mass is 249 g/mol. The summed E-state index contributed by atoms with van der Waals surface area (Å²) >= 11 is 0. The van der Waals surface area contributed by atoms with Gasteiger partial charge in [0.15, 0.2) is 0 Å². The van der Waals surface area contributed by atoms with E-state index in [9.17, 15) is 9.70 Å². The molecule has 18 heavy (non-hydrogen) atoms. The molecule has 0 saturated carbocycles. The highest BCUT2D eigenvalue weighted by Crippen LogP contribution is 2.17. The summed E-state index contributed by atoms with van der Waals surface area (Å²) in [6.45, 7) is 7.25. The molecule has 0 saturated heterocycles. The number of carbonyl (C=O) groups excluding carboxylic acids is 1. The van der Waals surface area contributed by atoms with Gasteiger partial charge in [-0.25, -0.2) is 0 Å². The number of hydrogen-bond donors (Lipinski definition) is 0. The normalized spacial score (nSPS) is 12.9. The number of hydrogen-bond acceptors (Lipinski definition) is 4. The van der Waals surface area contributed by atoms with E-state index in [1.807, 2.05) is 45.0 Å². The molecule has 98 valence electrons. The summed E-state index contributed by atoms with van der Waals surface area (Å²) < 4.78 is 5.23. The number of nitroso groups, excluding NO2 is 1. The van der Waals surface area contributed by atoms with Crippen LogP contribution in [0.1, 0.15) is 44.9 Å². The minimum absolute atomic E-state index is 0.237. The molecule has 0 fully saturated rings. The molecule has 0 aliphatic carbocycles. The summed E-state index contributed by atoms with van der Waals surface area (Å²) in [4.78, 5) is 22.0. The van der Waals surface area contributed by atoms with Crippen LogP contribution < -0.4 is 0 Å². The average molecular weight is 249 g/mol. The molecule has 0 N–H and O–H groups in total. The van der Waals surface area contributed by atoms with Gasteiger partial charge in [-0.15, -0.1) is 0 Å². The zero-order chi connectivity index (χ0) is 13.8. The van der Waals surface area contributed by atoms with Gasteiger partial charge in [-0.1, -0.05) is 29.4 Å². The molecule has 4 heteroatoms. The minimum atomic E-state index is -0.465. The standard InChI is InChI=1S/C14H19NO3/c1-10(15-17)12-7-5-11(6-8-12)9-13(16)18-14(2,3)4/h5-8,10H,9H2,1-4H3. The van der Waals surface area contributed by atoms with E-state index >= 15 is 0 Å². The third-order valence-electron chi connectivity index (χ3n) is 2.39. The SMILES string of the molecule is CC(N=O)c1ccc(CC(=O)OC(C)(C)C)cc1. The highest BCUT2D eigenvalue weighted by atomic mass is 16.6. The molecule has 1 rings (SSSR count). The summed E-state index contributed by atoms with van der Waals surface area (Å²) in [6, 6.07) is 6.90. The van der Waals surface area contributed by atoms with Gasteiger partial charge < -0.3 is 4.74 Å². The van der Waals surface area contributed by atoms with E-state index in [2.05, 4.69) is 5.18 Å². The van der Waals surface area contributed by atoms with Crippen molar-refractivity contribution in [3.8, 4) is 0 Å². The van der Waals surface area contributed by atoms with Gasteiger partial charge in [-0.3, -0.25) is 4.79 Å². The first-order chi connectivity index (χ1) is 8.31. The minimum Gasteiger partial charge on any atom is -0.460 e. The van der Waals surface area contributed by atoms with E-state index in [-0.39, 0.29) is 18.4 Å². The van der Waals surface area contributed by atoms with Crippen molar-refractivity contribution in [2.24, 2.45) is 5.18 Å². The molecule has 0 aromatic heterocycles. The van der Waals surface area contributed by atoms with Gasteiger partial charge in [0.1, 0.15) is 11.6 Å². The number of carbonyl (C=O) groups is 1. The van der Waals surface area contributed by atoms with Gasteiger partial charge in [-0.05, 0) is 38.8 Å². The van der Waals surface area contributed by atoms with Crippen LogP contribution in [0.3, 0.4) is 0 Å². The van der Waals surface area contributed by atoms with Gasteiger partial charge in [-0.2, -0.15) is 4.91 Å². The van der Waals surface area contributed by atoms with E-state index in [0.29, 0.717) is 0 Å². The average Bonchev–Trinajstić information content (AvgIpc) is 2.26. The lowest BCUT2D eigenvalue weighted by atomic mass is 10.1. The van der Waals surface area contributed by atoms with E-state index in [0.717, 1.165) is 11.1 Å². The Morgan fingerprint density at radius 3 is 2.28 bits per heavy atom. The number of nitrogens with zero attached hydrogens (tertiary/aromatic N) is 1. The first-order valence-corrected chi connectivity index (χ1v) is 5.95. The van der Waals surface area contributed by atoms with Crippen LogP contribution in [0.15, 0.2) is 29.4 Å². The fraction of sp³-hybridized carbons (Fsp3) is 0.500. The Morgan fingerprint density at radius 1 is 1.28 bits per heavy atom. The summed E-state index contributed by atoms with van der Waals surface area (Å²) in [5, 5.41) is 2.96. The van der Waals surface area contributed by atoms with Crippen LogP contribution in [0.2, 0.25) is 0 Å². The maximum absolute atomic E-state index is 11.6. The van der Waals surface area contributed by atoms with Gasteiger partial charge >= 0.3 is 5.97 Å². The molecule has 0 spiro atoms. The zero-order valence-electron chi connectivity index (χ0n) is 11.3. The van der Waals surface area contributed by atoms with E-state index in [1.165, 1.54) is 0 Å². The molecule has 0 heterocycles. The number of esters is 1. The molecule has 0 amide bonds. The van der Waals surface area contributed by atoms with Crippen molar-refractivity contribution >= 4 is 5.97 Å². The molecular formula is C14H19NO3. The molecule has 0 aliphatic rings. The van der Waals surface area contributed by atoms with Crippen molar-refractivity contribution in [2.45, 2.75) is 45.8 Å². The van der Waals surface area contributed by atoms with Crippen molar-refractivity contribution in [3.05, 3.63) is 40.3 Å². The summed E-state index contributed by atoms with van der Waals surface area (Å²) in [5.74, 6) is -0.253. The Hall–Kier alpha value is -1.71. The second kappa shape index (κ2) is 5.76. The van der Waals surface area contributed by atoms with E-state index < -0.39 is 5.60 Å². The predicted molar refractivity (Wildman–Crippen MR) is 70.2 cm³/mol. The van der Waals surface area contributed by atoms with Crippen molar-refractivity contribution in [2.75, 3.05) is 0 Å². The van der Waals surface area contributed by atoms with Crippen molar-refractivity contribution in [1.82, 2.24) is 0 Å². The molecule has 1 unspecified atom stereocenters. The van der Waals surface area contributed by atoms with Crippen LogP contribution in [-0.2, 0) is 16.0 Å². The van der Waals surface area contributed by atoms with Gasteiger partial charge in [0, 0.05) is 0 Å². The molecule has 4 nitrogen and oxygen atoms in total. The summed E-state index contributed by atoms with van der Waals surface area (Å²) in [5.41, 5.74) is 1.25. The Kier molecular flexibility index (Phi) is 4.59. The third-order valence-corrected chi connectivity index (χ3v) is 2.39. The van der Waals surface area contributed by atoms with Crippen LogP contribution in [0.25, 0.3) is 0 Å². The first kappa shape index (κ1) is 14.4. The second-order valence-electron chi connectivity index (χ2n) is 5.29. The van der Waals surface area contributed by atoms with Crippen LogP contribution in [0.4, 0.5) is 0 Å². The lowest BCUT2D eigenvalue weighted by Gasteiger charge is -2.19. The van der Waals surface area contributed by atoms with Crippen LogP contribution in [-0.4, -0.2) is 11.6 Å². The third kappa shape index (κ3) is 4.65. The lowest BCUT2D eigenvalue weighted by molar-refractivity contribution is -0.153. The Morgan fingerprint density at radius 2 is 1.83 bits per heavy atom. The van der Waals surface area contributed by atoms with Crippen LogP contribution in [0.5, 0.6) is 0 Å². The Bertz CT molecular complexity index is 418. The van der Waals surface area contributed by atoms with Crippen LogP contribution in [0, 0.1) is 4.91 Å². The topological polar surface area (TPSA) is 55.7 Å². The maximum atomic E-state index is 11.6. The maximum Gasteiger partial charge on any atom is 0.310 e. The predicted octanol–water partition coefficient (Wildman–Crippen LogP) is 3.40. The lowest BCUT2D eigenvalue weighted by Crippen LogP contribution is -2.24. The smallest absolute Gasteiger partial charge is 0.310 e. The number of benzene rings is 1. The largest absolute Gasteiger partial charge is 0.460 e. The van der Waals surface area contributed by atoms with Gasteiger partial charge in [0.2, 0.25) is 0 Å². The highest BCUT2D eigenvalue weighted by molar-refractivity contribution is 5.73. The van der Waals surface area contributed by atoms with Gasteiger partial charge in [0.05, 0.1) is 6.42 Å². The van der Waals surface area contributed by atoms with E-state index in [1.54, 1.807) is 6.92 Å². The molecule has 1 aromatic rings. The summed E-state index contributed by atoms with van der Waals surface area (Å²) in [7, 11) is 0. The van der Waals surface area contributed by atoms with Crippen molar-refractivity contribution in [3.63, 3.8) is 0 Å². The quantitative estimate of drug-likeness (QED) is 0.607. The zero-order valence-corrected chi connectivity index (χ0v) is 11.3. The highest BCUT2D eigenvalue weighted by Gasteiger charge is 2.16. The van der Waals surface area contributed by atoms with Crippen LogP contribution >= 0.6 is 0 Å². The van der Waals surface area contributed by atoms with Crippen molar-refractivity contribution in [1.29, 1.82) is 0 Å². The molecule has 1 atom stereocenters. The fourth-order valence-corrected chi connectivity index (χ4v) is 1.52. The number of rotatable bonds is 4. The molecule has 0 bridgehead atoms. The van der Waals surface area contributed by atoms with E-state index in [4.69, 9.17) is 4.74 Å². The summed E-state index contributed by atoms with van der Waals surface area (Å²) in [6.07, 6.45) is 0.237. The number of ether oxygens (including phenoxy) is 1. The fourth-order valence-electron chi connectivity index (χ4n) is 1.52. The molecule has 0 aliphatic heterocycles. The molecule has 0 radical (unpaired) electrons. The van der Waals surface area contributed by atoms with Gasteiger partial charge in [0.25, 0.3) is 0 Å².